The topological polar surface area (TPSA) is 66.6 Å². The number of halogens is 3. The van der Waals surface area contributed by atoms with Crippen LogP contribution in [0.3, 0.4) is 0 Å². The first-order valence-electron chi connectivity index (χ1n) is 6.44. The van der Waals surface area contributed by atoms with Crippen LogP contribution in [0, 0.1) is 17.5 Å². The molecule has 1 aromatic carbocycles. The van der Waals surface area contributed by atoms with Gasteiger partial charge < -0.3 is 5.73 Å². The molecule has 0 atom stereocenters. The first-order valence-corrected chi connectivity index (χ1v) is 7.88. The van der Waals surface area contributed by atoms with Gasteiger partial charge in [0, 0.05) is 39.3 Å². The summed E-state index contributed by atoms with van der Waals surface area (Å²) in [5.74, 6) is -4.88. The van der Waals surface area contributed by atoms with Crippen LogP contribution in [0.2, 0.25) is 0 Å². The molecule has 1 fully saturated rings. The van der Waals surface area contributed by atoms with E-state index < -0.39 is 32.4 Å². The zero-order valence-corrected chi connectivity index (χ0v) is 12.0. The summed E-state index contributed by atoms with van der Waals surface area (Å²) >= 11 is 0. The molecule has 1 aliphatic rings. The van der Waals surface area contributed by atoms with Crippen LogP contribution in [0.15, 0.2) is 17.0 Å². The van der Waals surface area contributed by atoms with Crippen LogP contribution in [0.1, 0.15) is 0 Å². The van der Waals surface area contributed by atoms with Gasteiger partial charge in [0.2, 0.25) is 10.0 Å². The van der Waals surface area contributed by atoms with E-state index in [0.717, 1.165) is 10.4 Å². The Kier molecular flexibility index (Phi) is 4.87. The van der Waals surface area contributed by atoms with Crippen LogP contribution in [0.4, 0.5) is 13.2 Å². The summed E-state index contributed by atoms with van der Waals surface area (Å²) in [4.78, 5) is 1.14. The van der Waals surface area contributed by atoms with Crippen molar-refractivity contribution in [1.82, 2.24) is 9.21 Å². The number of benzene rings is 1. The fourth-order valence-electron chi connectivity index (χ4n) is 2.22. The van der Waals surface area contributed by atoms with Crippen LogP contribution in [-0.2, 0) is 10.0 Å². The maximum atomic E-state index is 13.7. The van der Waals surface area contributed by atoms with E-state index in [2.05, 4.69) is 0 Å². The van der Waals surface area contributed by atoms with Crippen molar-refractivity contribution in [3.8, 4) is 0 Å². The predicted octanol–water partition coefficient (Wildman–Crippen LogP) is 0.369. The van der Waals surface area contributed by atoms with E-state index >= 15 is 0 Å². The van der Waals surface area contributed by atoms with Gasteiger partial charge in [-0.1, -0.05) is 0 Å². The summed E-state index contributed by atoms with van der Waals surface area (Å²) in [5, 5.41) is 0. The molecule has 2 rings (SSSR count). The van der Waals surface area contributed by atoms with E-state index in [0.29, 0.717) is 32.2 Å². The van der Waals surface area contributed by atoms with E-state index in [1.54, 1.807) is 0 Å². The summed E-state index contributed by atoms with van der Waals surface area (Å²) in [6, 6.07) is 1.35. The molecule has 0 radical (unpaired) electrons. The third-order valence-corrected chi connectivity index (χ3v) is 5.31. The number of nitrogens with two attached hydrogens (primary N) is 1. The summed E-state index contributed by atoms with van der Waals surface area (Å²) in [6.45, 7) is 2.34. The maximum Gasteiger partial charge on any atom is 0.246 e. The molecule has 0 amide bonds. The largest absolute Gasteiger partial charge is 0.329 e. The van der Waals surface area contributed by atoms with E-state index in [1.165, 1.54) is 0 Å². The Labute approximate surface area is 121 Å². The van der Waals surface area contributed by atoms with Crippen LogP contribution in [-0.4, -0.2) is 56.9 Å². The Morgan fingerprint density at radius 3 is 2.24 bits per heavy atom. The molecule has 118 valence electrons. The lowest BCUT2D eigenvalue weighted by Gasteiger charge is -2.33. The number of hydrogen-bond acceptors (Lipinski definition) is 4. The highest BCUT2D eigenvalue weighted by molar-refractivity contribution is 7.89. The minimum atomic E-state index is -4.18. The summed E-state index contributed by atoms with van der Waals surface area (Å²) < 4.78 is 65.4. The van der Waals surface area contributed by atoms with Crippen molar-refractivity contribution in [1.29, 1.82) is 0 Å². The number of sulfonamides is 1. The van der Waals surface area contributed by atoms with Crippen molar-refractivity contribution in [2.45, 2.75) is 4.90 Å². The molecule has 0 aromatic heterocycles. The average Bonchev–Trinajstić information content (AvgIpc) is 2.45. The molecule has 0 saturated carbocycles. The van der Waals surface area contributed by atoms with Crippen LogP contribution in [0.5, 0.6) is 0 Å². The lowest BCUT2D eigenvalue weighted by Crippen LogP contribution is -2.49. The molecular formula is C12H16F3N3O2S. The Balaban J connectivity index is 2.22. The molecule has 0 spiro atoms. The smallest absolute Gasteiger partial charge is 0.246 e. The van der Waals surface area contributed by atoms with Crippen molar-refractivity contribution < 1.29 is 21.6 Å². The van der Waals surface area contributed by atoms with E-state index in [4.69, 9.17) is 5.73 Å². The second kappa shape index (κ2) is 6.30. The predicted molar refractivity (Wildman–Crippen MR) is 70.6 cm³/mol. The first kappa shape index (κ1) is 16.2. The van der Waals surface area contributed by atoms with Crippen molar-refractivity contribution in [3.05, 3.63) is 29.6 Å². The molecule has 1 heterocycles. The SMILES string of the molecule is NCCN1CCN(S(=O)(=O)c2ccc(F)c(F)c2F)CC1. The Morgan fingerprint density at radius 1 is 1.05 bits per heavy atom. The molecule has 0 unspecified atom stereocenters. The minimum Gasteiger partial charge on any atom is -0.329 e. The normalized spacial score (nSPS) is 18.1. The zero-order valence-electron chi connectivity index (χ0n) is 11.2. The maximum absolute atomic E-state index is 13.7. The van der Waals surface area contributed by atoms with Crippen molar-refractivity contribution in [2.24, 2.45) is 5.73 Å². The van der Waals surface area contributed by atoms with Gasteiger partial charge in [0.05, 0.1) is 0 Å². The molecule has 9 heteroatoms. The van der Waals surface area contributed by atoms with Crippen LogP contribution in [0.25, 0.3) is 0 Å². The van der Waals surface area contributed by atoms with Crippen molar-refractivity contribution in [3.63, 3.8) is 0 Å². The number of rotatable bonds is 4. The van der Waals surface area contributed by atoms with Gasteiger partial charge >= 0.3 is 0 Å². The fourth-order valence-corrected chi connectivity index (χ4v) is 3.70. The highest BCUT2D eigenvalue weighted by atomic mass is 32.2. The number of nitrogens with zero attached hydrogens (tertiary/aromatic N) is 2. The van der Waals surface area contributed by atoms with Gasteiger partial charge in [-0.15, -0.1) is 0 Å². The molecular weight excluding hydrogens is 307 g/mol. The fraction of sp³-hybridized carbons (Fsp3) is 0.500. The number of hydrogen-bond donors (Lipinski definition) is 1. The third kappa shape index (κ3) is 3.20. The van der Waals surface area contributed by atoms with Gasteiger partial charge in [0.1, 0.15) is 4.90 Å². The van der Waals surface area contributed by atoms with Gasteiger partial charge in [0.25, 0.3) is 0 Å². The Bertz CT molecular complexity index is 616. The third-order valence-electron chi connectivity index (χ3n) is 3.39. The first-order chi connectivity index (χ1) is 9.87. The molecule has 2 N–H and O–H groups in total. The Morgan fingerprint density at radius 2 is 1.67 bits per heavy atom. The molecule has 21 heavy (non-hydrogen) atoms. The molecule has 0 aliphatic carbocycles. The molecule has 1 aliphatic heterocycles. The summed E-state index contributed by atoms with van der Waals surface area (Å²) in [6.07, 6.45) is 0. The van der Waals surface area contributed by atoms with Gasteiger partial charge in [-0.05, 0) is 12.1 Å². The summed E-state index contributed by atoms with van der Waals surface area (Å²) in [5.41, 5.74) is 5.42. The summed E-state index contributed by atoms with van der Waals surface area (Å²) in [7, 11) is -4.18. The molecule has 1 aromatic rings. The van der Waals surface area contributed by atoms with Crippen molar-refractivity contribution in [2.75, 3.05) is 39.3 Å². The number of piperazine rings is 1. The van der Waals surface area contributed by atoms with E-state index in [9.17, 15) is 21.6 Å². The highest BCUT2D eigenvalue weighted by Crippen LogP contribution is 2.23. The molecule has 0 bridgehead atoms. The quantitative estimate of drug-likeness (QED) is 0.813. The van der Waals surface area contributed by atoms with Crippen LogP contribution >= 0.6 is 0 Å². The lowest BCUT2D eigenvalue weighted by molar-refractivity contribution is 0.192. The lowest BCUT2D eigenvalue weighted by atomic mass is 10.3. The van der Waals surface area contributed by atoms with E-state index in [-0.39, 0.29) is 13.1 Å². The average molecular weight is 323 g/mol. The highest BCUT2D eigenvalue weighted by Gasteiger charge is 2.32. The monoisotopic (exact) mass is 323 g/mol. The Hall–Kier alpha value is -1.16. The van der Waals surface area contributed by atoms with Crippen LogP contribution < -0.4 is 5.73 Å². The second-order valence-corrected chi connectivity index (χ2v) is 6.61. The van der Waals surface area contributed by atoms with Gasteiger partial charge in [-0.25, -0.2) is 21.6 Å². The standard InChI is InChI=1S/C12H16F3N3O2S/c13-9-1-2-10(12(15)11(9)14)21(19,20)18-7-5-17(4-3-16)6-8-18/h1-2H,3-8,16H2. The van der Waals surface area contributed by atoms with E-state index in [1.807, 2.05) is 4.90 Å². The second-order valence-electron chi connectivity index (χ2n) is 4.71. The minimum absolute atomic E-state index is 0.154. The molecule has 1 saturated heterocycles. The molecule has 5 nitrogen and oxygen atoms in total. The van der Waals surface area contributed by atoms with Gasteiger partial charge in [-0.2, -0.15) is 4.31 Å². The van der Waals surface area contributed by atoms with Crippen molar-refractivity contribution >= 4 is 10.0 Å². The zero-order chi connectivity index (χ0) is 15.6. The van der Waals surface area contributed by atoms with Gasteiger partial charge in [-0.3, -0.25) is 4.90 Å². The van der Waals surface area contributed by atoms with Gasteiger partial charge in [0.15, 0.2) is 17.5 Å².